The minimum absolute atomic E-state index is 0.0887. The number of hydrogen-bond acceptors (Lipinski definition) is 8. The van der Waals surface area contributed by atoms with Gasteiger partial charge in [0.2, 0.25) is 0 Å². The van der Waals surface area contributed by atoms with Gasteiger partial charge >= 0.3 is 0 Å². The lowest BCUT2D eigenvalue weighted by molar-refractivity contribution is -0.384. The van der Waals surface area contributed by atoms with Crippen molar-refractivity contribution in [2.45, 2.75) is 13.3 Å². The number of nitrogens with zero attached hydrogens (tertiary/aromatic N) is 5. The van der Waals surface area contributed by atoms with Crippen LogP contribution < -0.4 is 9.80 Å². The quantitative estimate of drug-likeness (QED) is 0.318. The third kappa shape index (κ3) is 5.56. The molecule has 0 saturated carbocycles. The molecular formula is C24H28ClN5O4S. The standard InChI is InChI=1S/C24H28ClN5O4S/c1-16-5-7-18(25)22-21(16)26-24(35-22)29(10-4-9-27(2)3)23(31)17-6-8-19(20(15-17)30(32)33)28-11-13-34-14-12-28/h5-8,15H,4,9-14H2,1-3H3. The molecule has 2 aromatic carbocycles. The highest BCUT2D eigenvalue weighted by Crippen LogP contribution is 2.37. The van der Waals surface area contributed by atoms with E-state index in [0.29, 0.717) is 48.7 Å². The number of carbonyl (C=O) groups excluding carboxylic acids is 1. The number of nitro benzene ring substituents is 1. The predicted octanol–water partition coefficient (Wildman–Crippen LogP) is 4.60. The van der Waals surface area contributed by atoms with Crippen LogP contribution >= 0.6 is 22.9 Å². The molecule has 3 aromatic rings. The summed E-state index contributed by atoms with van der Waals surface area (Å²) in [7, 11) is 3.95. The minimum Gasteiger partial charge on any atom is -0.378 e. The Kier molecular flexibility index (Phi) is 7.85. The zero-order chi connectivity index (χ0) is 25.1. The van der Waals surface area contributed by atoms with E-state index >= 15 is 0 Å². The van der Waals surface area contributed by atoms with Crippen molar-refractivity contribution in [1.82, 2.24) is 9.88 Å². The number of ether oxygens (including phenoxy) is 1. The van der Waals surface area contributed by atoms with Gasteiger partial charge < -0.3 is 14.5 Å². The largest absolute Gasteiger partial charge is 0.378 e. The average Bonchev–Trinajstić information content (AvgIpc) is 3.30. The summed E-state index contributed by atoms with van der Waals surface area (Å²) in [5.41, 5.74) is 2.39. The normalized spacial score (nSPS) is 14.0. The Morgan fingerprint density at radius 3 is 2.63 bits per heavy atom. The van der Waals surface area contributed by atoms with Crippen LogP contribution in [-0.2, 0) is 4.74 Å². The Hall–Kier alpha value is -2.79. The fourth-order valence-electron chi connectivity index (χ4n) is 4.07. The van der Waals surface area contributed by atoms with Crippen molar-refractivity contribution < 1.29 is 14.5 Å². The Bertz CT molecular complexity index is 1200. The van der Waals surface area contributed by atoms with Gasteiger partial charge in [-0.05, 0) is 57.7 Å². The molecule has 2 heterocycles. The van der Waals surface area contributed by atoms with Gasteiger partial charge in [-0.3, -0.25) is 19.8 Å². The number of anilines is 2. The number of benzene rings is 2. The topological polar surface area (TPSA) is 92.0 Å². The van der Waals surface area contributed by atoms with Crippen molar-refractivity contribution in [3.05, 3.63) is 56.6 Å². The van der Waals surface area contributed by atoms with Crippen molar-refractivity contribution in [3.8, 4) is 0 Å². The lowest BCUT2D eigenvalue weighted by Gasteiger charge is -2.28. The van der Waals surface area contributed by atoms with E-state index in [2.05, 4.69) is 0 Å². The molecule has 1 aliphatic heterocycles. The lowest BCUT2D eigenvalue weighted by atomic mass is 10.1. The molecule has 0 atom stereocenters. The molecule has 0 unspecified atom stereocenters. The summed E-state index contributed by atoms with van der Waals surface area (Å²) in [6.45, 7) is 5.31. The van der Waals surface area contributed by atoms with Gasteiger partial charge in [-0.1, -0.05) is 29.0 Å². The molecule has 9 nitrogen and oxygen atoms in total. The van der Waals surface area contributed by atoms with Crippen molar-refractivity contribution >= 4 is 55.6 Å². The van der Waals surface area contributed by atoms with Crippen molar-refractivity contribution in [2.75, 3.05) is 63.3 Å². The lowest BCUT2D eigenvalue weighted by Crippen LogP contribution is -2.37. The van der Waals surface area contributed by atoms with Crippen LogP contribution in [0.2, 0.25) is 5.02 Å². The maximum Gasteiger partial charge on any atom is 0.293 e. The number of halogens is 1. The fraction of sp³-hybridized carbons (Fsp3) is 0.417. The zero-order valence-corrected chi connectivity index (χ0v) is 21.6. The first-order chi connectivity index (χ1) is 16.8. The Balaban J connectivity index is 1.71. The third-order valence-electron chi connectivity index (χ3n) is 5.92. The number of aromatic nitrogens is 1. The molecule has 186 valence electrons. The van der Waals surface area contributed by atoms with Gasteiger partial charge in [0.15, 0.2) is 5.13 Å². The highest BCUT2D eigenvalue weighted by atomic mass is 35.5. The van der Waals surface area contributed by atoms with Gasteiger partial charge in [0.1, 0.15) is 5.69 Å². The number of amides is 1. The Morgan fingerprint density at radius 2 is 1.97 bits per heavy atom. The molecule has 0 N–H and O–H groups in total. The molecule has 11 heteroatoms. The van der Waals surface area contributed by atoms with Gasteiger partial charge in [0.05, 0.1) is 33.4 Å². The maximum atomic E-state index is 13.7. The van der Waals surface area contributed by atoms with E-state index in [1.54, 1.807) is 17.0 Å². The fourth-order valence-corrected chi connectivity index (χ4v) is 5.41. The van der Waals surface area contributed by atoms with E-state index in [0.717, 1.165) is 28.7 Å². The van der Waals surface area contributed by atoms with E-state index in [-0.39, 0.29) is 17.2 Å². The van der Waals surface area contributed by atoms with Crippen LogP contribution in [0.1, 0.15) is 22.3 Å². The number of aryl methyl sites for hydroxylation is 1. The minimum atomic E-state index is -0.432. The van der Waals surface area contributed by atoms with Crippen LogP contribution in [-0.4, -0.2) is 74.2 Å². The zero-order valence-electron chi connectivity index (χ0n) is 20.0. The summed E-state index contributed by atoms with van der Waals surface area (Å²) < 4.78 is 6.19. The summed E-state index contributed by atoms with van der Waals surface area (Å²) in [6, 6.07) is 8.42. The first kappa shape index (κ1) is 25.3. The summed E-state index contributed by atoms with van der Waals surface area (Å²) in [5, 5.41) is 13.0. The van der Waals surface area contributed by atoms with Gasteiger partial charge in [-0.15, -0.1) is 0 Å². The molecule has 1 aromatic heterocycles. The summed E-state index contributed by atoms with van der Waals surface area (Å²) >= 11 is 7.76. The molecular weight excluding hydrogens is 490 g/mol. The van der Waals surface area contributed by atoms with Crippen molar-refractivity contribution in [1.29, 1.82) is 0 Å². The number of rotatable bonds is 8. The predicted molar refractivity (Wildman–Crippen MR) is 140 cm³/mol. The van der Waals surface area contributed by atoms with E-state index in [1.807, 2.05) is 43.0 Å². The van der Waals surface area contributed by atoms with Crippen molar-refractivity contribution in [3.63, 3.8) is 0 Å². The molecule has 4 rings (SSSR count). The number of fused-ring (bicyclic) bond motifs is 1. The highest BCUT2D eigenvalue weighted by molar-refractivity contribution is 7.23. The molecule has 35 heavy (non-hydrogen) atoms. The molecule has 1 amide bonds. The molecule has 0 aliphatic carbocycles. The van der Waals surface area contributed by atoms with E-state index in [4.69, 9.17) is 21.3 Å². The maximum absolute atomic E-state index is 13.7. The number of thiazole rings is 1. The van der Waals surface area contributed by atoms with Crippen LogP contribution in [0.4, 0.5) is 16.5 Å². The van der Waals surface area contributed by atoms with Gasteiger partial charge in [0.25, 0.3) is 11.6 Å². The molecule has 0 radical (unpaired) electrons. The second-order valence-corrected chi connectivity index (χ2v) is 10.1. The smallest absolute Gasteiger partial charge is 0.293 e. The molecule has 0 bridgehead atoms. The molecule has 0 spiro atoms. The summed E-state index contributed by atoms with van der Waals surface area (Å²) in [5.74, 6) is -0.326. The number of hydrogen-bond donors (Lipinski definition) is 0. The molecule has 1 fully saturated rings. The average molecular weight is 518 g/mol. The Labute approximate surface area is 213 Å². The van der Waals surface area contributed by atoms with E-state index in [1.165, 1.54) is 17.4 Å². The van der Waals surface area contributed by atoms with Crippen LogP contribution in [0.25, 0.3) is 10.2 Å². The van der Waals surface area contributed by atoms with Crippen molar-refractivity contribution in [2.24, 2.45) is 0 Å². The SMILES string of the molecule is Cc1ccc(Cl)c2sc(N(CCCN(C)C)C(=O)c3ccc(N4CCOCC4)c([N+](=O)[O-])c3)nc12. The first-order valence-electron chi connectivity index (χ1n) is 11.4. The highest BCUT2D eigenvalue weighted by Gasteiger charge is 2.27. The van der Waals surface area contributed by atoms with Gasteiger partial charge in [0, 0.05) is 31.3 Å². The monoisotopic (exact) mass is 517 g/mol. The Morgan fingerprint density at radius 1 is 1.23 bits per heavy atom. The third-order valence-corrected chi connectivity index (χ3v) is 7.46. The van der Waals surface area contributed by atoms with E-state index < -0.39 is 4.92 Å². The second-order valence-electron chi connectivity index (χ2n) is 8.71. The molecule has 1 aliphatic rings. The molecule has 1 saturated heterocycles. The van der Waals surface area contributed by atoms with Crippen LogP contribution in [0.3, 0.4) is 0 Å². The summed E-state index contributed by atoms with van der Waals surface area (Å²) in [4.78, 5) is 35.5. The van der Waals surface area contributed by atoms with Crippen LogP contribution in [0, 0.1) is 17.0 Å². The van der Waals surface area contributed by atoms with E-state index in [9.17, 15) is 14.9 Å². The summed E-state index contributed by atoms with van der Waals surface area (Å²) in [6.07, 6.45) is 0.718. The first-order valence-corrected chi connectivity index (χ1v) is 12.6. The van der Waals surface area contributed by atoms with Gasteiger partial charge in [-0.25, -0.2) is 4.98 Å². The van der Waals surface area contributed by atoms with Crippen LogP contribution in [0.15, 0.2) is 30.3 Å². The van der Waals surface area contributed by atoms with Crippen LogP contribution in [0.5, 0.6) is 0 Å². The number of carbonyl (C=O) groups is 1. The number of morpholine rings is 1. The second kappa shape index (κ2) is 10.9. The number of nitro groups is 1. The van der Waals surface area contributed by atoms with Gasteiger partial charge in [-0.2, -0.15) is 0 Å².